The molecule has 0 aliphatic carbocycles. The minimum Gasteiger partial charge on any atom is -0.455 e. The van der Waals surface area contributed by atoms with Gasteiger partial charge in [-0.05, 0) is 73.7 Å². The highest BCUT2D eigenvalue weighted by Gasteiger charge is 2.24. The SMILES string of the molecule is Cc1ccc(-n2c3ccccc3c3c4oc5ccccc5c4ccc32)c(-c2cnccc2-n2c3ccccc3c3c4oc5ccccc5c4ccc32)c1. The van der Waals surface area contributed by atoms with Crippen molar-refractivity contribution in [1.82, 2.24) is 14.1 Å². The van der Waals surface area contributed by atoms with Crippen LogP contribution in [0.15, 0.2) is 167 Å². The third-order valence-corrected chi connectivity index (χ3v) is 11.1. The Bertz CT molecular complexity index is 3480. The molecular formula is C48H29N3O2. The summed E-state index contributed by atoms with van der Waals surface area (Å²) < 4.78 is 18.0. The van der Waals surface area contributed by atoms with E-state index in [0.717, 1.165) is 110 Å². The first-order valence-electron chi connectivity index (χ1n) is 18.0. The second-order valence-corrected chi connectivity index (χ2v) is 14.0. The highest BCUT2D eigenvalue weighted by Crippen LogP contribution is 2.45. The van der Waals surface area contributed by atoms with Crippen molar-refractivity contribution < 1.29 is 8.83 Å². The number of rotatable bonds is 3. The van der Waals surface area contributed by atoms with Gasteiger partial charge in [0.25, 0.3) is 0 Å². The molecule has 12 aromatic rings. The molecule has 7 aromatic carbocycles. The van der Waals surface area contributed by atoms with Gasteiger partial charge in [0.15, 0.2) is 0 Å². The zero-order chi connectivity index (χ0) is 34.8. The molecule has 5 heteroatoms. The third kappa shape index (κ3) is 3.83. The Morgan fingerprint density at radius 2 is 0.943 bits per heavy atom. The number of hydrogen-bond donors (Lipinski definition) is 0. The van der Waals surface area contributed by atoms with Gasteiger partial charge >= 0.3 is 0 Å². The first-order chi connectivity index (χ1) is 26.2. The molecule has 0 radical (unpaired) electrons. The van der Waals surface area contributed by atoms with Crippen LogP contribution in [0.1, 0.15) is 5.56 Å². The van der Waals surface area contributed by atoms with E-state index in [-0.39, 0.29) is 0 Å². The van der Waals surface area contributed by atoms with E-state index in [1.165, 1.54) is 5.56 Å². The minimum atomic E-state index is 0.895. The van der Waals surface area contributed by atoms with E-state index >= 15 is 0 Å². The molecule has 0 saturated carbocycles. The van der Waals surface area contributed by atoms with E-state index < -0.39 is 0 Å². The monoisotopic (exact) mass is 679 g/mol. The molecule has 5 nitrogen and oxygen atoms in total. The quantitative estimate of drug-likeness (QED) is 0.187. The van der Waals surface area contributed by atoms with Crippen molar-refractivity contribution in [1.29, 1.82) is 0 Å². The predicted octanol–water partition coefficient (Wildman–Crippen LogP) is 13.1. The first-order valence-corrected chi connectivity index (χ1v) is 18.0. The lowest BCUT2D eigenvalue weighted by Gasteiger charge is -2.18. The van der Waals surface area contributed by atoms with E-state index in [4.69, 9.17) is 13.8 Å². The van der Waals surface area contributed by atoms with E-state index in [0.29, 0.717) is 0 Å². The molecule has 248 valence electrons. The van der Waals surface area contributed by atoms with Gasteiger partial charge in [-0.25, -0.2) is 0 Å². The van der Waals surface area contributed by atoms with Crippen LogP contribution in [0.4, 0.5) is 0 Å². The largest absolute Gasteiger partial charge is 0.455 e. The number of fused-ring (bicyclic) bond motifs is 14. The number of hydrogen-bond acceptors (Lipinski definition) is 3. The standard InChI is InChI=1S/C48H29N3O2/c1-28-18-21-39(50-37-14-6-2-12-33(37)45-41(50)22-19-31-29-10-4-8-16-43(29)52-47(31)45)35(26-28)36-27-49-25-24-40(36)51-38-15-7-3-13-34(38)46-42(51)23-20-32-30-11-5-9-17-44(30)53-48(32)46/h2-27H,1H3. The van der Waals surface area contributed by atoms with Gasteiger partial charge in [-0.1, -0.05) is 84.4 Å². The Labute approximate surface area is 302 Å². The van der Waals surface area contributed by atoms with Crippen molar-refractivity contribution in [2.45, 2.75) is 6.92 Å². The van der Waals surface area contributed by atoms with Gasteiger partial charge in [0.05, 0.1) is 44.2 Å². The van der Waals surface area contributed by atoms with Crippen LogP contribution in [0.2, 0.25) is 0 Å². The van der Waals surface area contributed by atoms with Crippen molar-refractivity contribution in [2.24, 2.45) is 0 Å². The number of para-hydroxylation sites is 4. The van der Waals surface area contributed by atoms with Gasteiger partial charge in [0.2, 0.25) is 0 Å². The van der Waals surface area contributed by atoms with Crippen LogP contribution in [-0.2, 0) is 0 Å². The van der Waals surface area contributed by atoms with Crippen LogP contribution >= 0.6 is 0 Å². The van der Waals surface area contributed by atoms with E-state index in [1.54, 1.807) is 0 Å². The van der Waals surface area contributed by atoms with E-state index in [9.17, 15) is 0 Å². The van der Waals surface area contributed by atoms with E-state index in [1.807, 2.05) is 24.5 Å². The average molecular weight is 680 g/mol. The molecule has 0 aliphatic rings. The van der Waals surface area contributed by atoms with Crippen molar-refractivity contribution in [2.75, 3.05) is 0 Å². The Morgan fingerprint density at radius 1 is 0.434 bits per heavy atom. The van der Waals surface area contributed by atoms with Crippen LogP contribution in [0.5, 0.6) is 0 Å². The number of nitrogens with zero attached hydrogens (tertiary/aromatic N) is 3. The molecule has 12 rings (SSSR count). The minimum absolute atomic E-state index is 0.895. The number of aromatic nitrogens is 3. The summed E-state index contributed by atoms with van der Waals surface area (Å²) in [4.78, 5) is 4.76. The van der Waals surface area contributed by atoms with Crippen LogP contribution in [-0.4, -0.2) is 14.1 Å². The molecule has 5 aromatic heterocycles. The van der Waals surface area contributed by atoms with Gasteiger partial charge in [-0.2, -0.15) is 0 Å². The summed E-state index contributed by atoms with van der Waals surface area (Å²) in [6.07, 6.45) is 3.91. The predicted molar refractivity (Wildman–Crippen MR) is 218 cm³/mol. The highest BCUT2D eigenvalue weighted by molar-refractivity contribution is 6.25. The van der Waals surface area contributed by atoms with Crippen molar-refractivity contribution in [3.63, 3.8) is 0 Å². The molecule has 0 spiro atoms. The normalized spacial score (nSPS) is 12.2. The molecule has 0 atom stereocenters. The van der Waals surface area contributed by atoms with Gasteiger partial charge in [0.1, 0.15) is 22.3 Å². The van der Waals surface area contributed by atoms with Crippen molar-refractivity contribution in [3.8, 4) is 22.5 Å². The molecule has 0 unspecified atom stereocenters. The van der Waals surface area contributed by atoms with Gasteiger partial charge in [0, 0.05) is 55.8 Å². The molecule has 0 N–H and O–H groups in total. The van der Waals surface area contributed by atoms with Gasteiger partial charge in [-0.15, -0.1) is 0 Å². The summed E-state index contributed by atoms with van der Waals surface area (Å²) in [6.45, 7) is 2.16. The molecule has 0 saturated heterocycles. The summed E-state index contributed by atoms with van der Waals surface area (Å²) in [5.74, 6) is 0. The maximum absolute atomic E-state index is 6.62. The Kier molecular flexibility index (Phi) is 5.64. The third-order valence-electron chi connectivity index (χ3n) is 11.1. The summed E-state index contributed by atoms with van der Waals surface area (Å²) in [5, 5.41) is 9.03. The molecule has 5 heterocycles. The van der Waals surface area contributed by atoms with Gasteiger partial charge < -0.3 is 18.0 Å². The van der Waals surface area contributed by atoms with Crippen LogP contribution in [0.25, 0.3) is 110 Å². The molecular weight excluding hydrogens is 651 g/mol. The second kappa shape index (κ2) is 10.5. The molecule has 0 bridgehead atoms. The van der Waals surface area contributed by atoms with Crippen molar-refractivity contribution >= 4 is 87.5 Å². The zero-order valence-corrected chi connectivity index (χ0v) is 28.7. The van der Waals surface area contributed by atoms with Crippen LogP contribution in [0.3, 0.4) is 0 Å². The van der Waals surface area contributed by atoms with Crippen LogP contribution in [0, 0.1) is 6.92 Å². The zero-order valence-electron chi connectivity index (χ0n) is 28.7. The lowest BCUT2D eigenvalue weighted by Crippen LogP contribution is -2.02. The summed E-state index contributed by atoms with van der Waals surface area (Å²) in [5.41, 5.74) is 13.5. The van der Waals surface area contributed by atoms with Gasteiger partial charge in [-0.3, -0.25) is 4.98 Å². The summed E-state index contributed by atoms with van der Waals surface area (Å²) in [6, 6.07) is 51.7. The molecule has 0 fully saturated rings. The highest BCUT2D eigenvalue weighted by atomic mass is 16.3. The number of aryl methyl sites for hydroxylation is 1. The second-order valence-electron chi connectivity index (χ2n) is 14.0. The van der Waals surface area contributed by atoms with Crippen molar-refractivity contribution in [3.05, 3.63) is 164 Å². The smallest absolute Gasteiger partial charge is 0.145 e. The van der Waals surface area contributed by atoms with E-state index in [2.05, 4.69) is 150 Å². The number of furan rings is 2. The topological polar surface area (TPSA) is 49.0 Å². The maximum Gasteiger partial charge on any atom is 0.145 e. The lowest BCUT2D eigenvalue weighted by molar-refractivity contribution is 0.672. The Morgan fingerprint density at radius 3 is 1.53 bits per heavy atom. The number of benzene rings is 7. The first kappa shape index (κ1) is 28.6. The fourth-order valence-corrected chi connectivity index (χ4v) is 8.84. The summed E-state index contributed by atoms with van der Waals surface area (Å²) in [7, 11) is 0. The van der Waals surface area contributed by atoms with Crippen LogP contribution < -0.4 is 0 Å². The molecule has 53 heavy (non-hydrogen) atoms. The number of pyridine rings is 1. The lowest BCUT2D eigenvalue weighted by atomic mass is 10.0. The molecule has 0 amide bonds. The summed E-state index contributed by atoms with van der Waals surface area (Å²) >= 11 is 0. The Balaban J connectivity index is 1.17. The molecule has 0 aliphatic heterocycles. The fraction of sp³-hybridized carbons (Fsp3) is 0.0208. The Hall–Kier alpha value is -7.11. The maximum atomic E-state index is 6.62. The fourth-order valence-electron chi connectivity index (χ4n) is 8.84. The average Bonchev–Trinajstić information content (AvgIpc) is 3.95.